The van der Waals surface area contributed by atoms with E-state index in [1.165, 1.54) is 42.5 Å². The number of phenolic OH excluding ortho intramolecular Hbond substituents is 1. The summed E-state index contributed by atoms with van der Waals surface area (Å²) in [4.78, 5) is -1.97. The second-order valence-corrected chi connectivity index (χ2v) is 13.6. The average molecular weight is 672 g/mol. The maximum Gasteiger partial charge on any atom is 0.296 e. The van der Waals surface area contributed by atoms with Gasteiger partial charge in [-0.15, -0.1) is 20.5 Å². The summed E-state index contributed by atoms with van der Waals surface area (Å²) in [5, 5.41) is 26.9. The molecule has 5 aromatic carbocycles. The molecule has 0 heterocycles. The predicted octanol–water partition coefficient (Wildman–Crippen LogP) is 5.77. The van der Waals surface area contributed by atoms with Crippen molar-refractivity contribution in [1.29, 1.82) is 0 Å². The molecule has 16 nitrogen and oxygen atoms in total. The number of nitrogen functional groups attached to an aromatic ring is 1. The number of benzene rings is 5. The van der Waals surface area contributed by atoms with Crippen LogP contribution < -0.4 is 11.5 Å². The van der Waals surface area contributed by atoms with Gasteiger partial charge in [0.15, 0.2) is 5.75 Å². The number of phenols is 1. The first kappa shape index (κ1) is 31.4. The van der Waals surface area contributed by atoms with E-state index in [4.69, 9.17) is 11.5 Å². The molecule has 5 aromatic rings. The lowest BCUT2D eigenvalue weighted by Crippen LogP contribution is -1.99. The van der Waals surface area contributed by atoms with Gasteiger partial charge in [0.2, 0.25) is 0 Å². The van der Waals surface area contributed by atoms with Crippen LogP contribution in [0.4, 0.5) is 34.1 Å². The van der Waals surface area contributed by atoms with Gasteiger partial charge in [0, 0.05) is 21.8 Å². The van der Waals surface area contributed by atoms with Crippen molar-refractivity contribution in [3.05, 3.63) is 72.8 Å². The topological polar surface area (TPSA) is 283 Å². The highest BCUT2D eigenvalue weighted by Crippen LogP contribution is 2.43. The standard InChI is InChI=1S/C26H19N6O10S3/c27-14-2-1-13-9-24(45(40,41)42)25(26(33)18(13)10-14)32-30-21-7-6-20(17-5-4-16(12-19(17)21)43(34,35)36)29-31-22-11-15(28)3-8-23(22)44(37,38)39/h1-12,27,33H,28H2,(H,34,35,36)(H,37,38,39)(H,40,41,42). The van der Waals surface area contributed by atoms with Crippen LogP contribution in [0.25, 0.3) is 21.5 Å². The molecule has 0 aliphatic carbocycles. The van der Waals surface area contributed by atoms with Crippen LogP contribution >= 0.6 is 0 Å². The van der Waals surface area contributed by atoms with E-state index in [1.54, 1.807) is 0 Å². The minimum absolute atomic E-state index is 0.0179. The van der Waals surface area contributed by atoms with Crippen molar-refractivity contribution in [2.75, 3.05) is 5.73 Å². The van der Waals surface area contributed by atoms with Gasteiger partial charge in [-0.25, -0.2) is 0 Å². The first-order chi connectivity index (χ1) is 20.9. The Kier molecular flexibility index (Phi) is 7.77. The summed E-state index contributed by atoms with van der Waals surface area (Å²) in [6.07, 6.45) is 0. The molecule has 1 radical (unpaired) electrons. The molecule has 0 spiro atoms. The van der Waals surface area contributed by atoms with Crippen molar-refractivity contribution in [2.24, 2.45) is 20.5 Å². The van der Waals surface area contributed by atoms with Crippen LogP contribution in [-0.4, -0.2) is 44.0 Å². The van der Waals surface area contributed by atoms with E-state index in [0.29, 0.717) is 0 Å². The lowest BCUT2D eigenvalue weighted by Gasteiger charge is -2.10. The molecular formula is C26H19N6O10S3. The Morgan fingerprint density at radius 3 is 1.84 bits per heavy atom. The molecule has 45 heavy (non-hydrogen) atoms. The largest absolute Gasteiger partial charge is 0.505 e. The van der Waals surface area contributed by atoms with Crippen LogP contribution in [0.3, 0.4) is 0 Å². The van der Waals surface area contributed by atoms with Crippen LogP contribution in [0.1, 0.15) is 0 Å². The van der Waals surface area contributed by atoms with Gasteiger partial charge >= 0.3 is 0 Å². The zero-order valence-corrected chi connectivity index (χ0v) is 24.7. The van der Waals surface area contributed by atoms with Crippen molar-refractivity contribution in [3.63, 3.8) is 0 Å². The Bertz CT molecular complexity index is 2450. The van der Waals surface area contributed by atoms with Gasteiger partial charge in [0.25, 0.3) is 30.4 Å². The molecule has 19 heteroatoms. The highest BCUT2D eigenvalue weighted by Gasteiger charge is 2.23. The van der Waals surface area contributed by atoms with E-state index in [-0.39, 0.29) is 50.0 Å². The predicted molar refractivity (Wildman–Crippen MR) is 161 cm³/mol. The van der Waals surface area contributed by atoms with Gasteiger partial charge in [-0.3, -0.25) is 13.7 Å². The van der Waals surface area contributed by atoms with Crippen molar-refractivity contribution in [1.82, 2.24) is 5.73 Å². The maximum absolute atomic E-state index is 12.2. The van der Waals surface area contributed by atoms with Crippen LogP contribution in [-0.2, 0) is 30.4 Å². The molecular weight excluding hydrogens is 653 g/mol. The summed E-state index contributed by atoms with van der Waals surface area (Å²) in [6.45, 7) is 0. The van der Waals surface area contributed by atoms with Gasteiger partial charge in [-0.05, 0) is 66.0 Å². The molecule has 0 amide bonds. The molecule has 0 aromatic heterocycles. The number of fused-ring (bicyclic) bond motifs is 2. The molecule has 0 atom stereocenters. The zero-order valence-electron chi connectivity index (χ0n) is 22.3. The number of nitrogens with one attached hydrogen (secondary N) is 1. The van der Waals surface area contributed by atoms with E-state index >= 15 is 0 Å². The normalized spacial score (nSPS) is 13.0. The maximum atomic E-state index is 12.2. The highest BCUT2D eigenvalue weighted by atomic mass is 32.2. The Morgan fingerprint density at radius 2 is 1.20 bits per heavy atom. The molecule has 0 aliphatic heterocycles. The fourth-order valence-corrected chi connectivity index (χ4v) is 6.08. The Hall–Kier alpha value is -5.05. The average Bonchev–Trinajstić information content (AvgIpc) is 2.94. The molecule has 0 bridgehead atoms. The number of hydrogen-bond donors (Lipinski definition) is 5. The summed E-state index contributed by atoms with van der Waals surface area (Å²) in [6, 6.07) is 14.1. The molecule has 0 aliphatic rings. The second kappa shape index (κ2) is 11.1. The fraction of sp³-hybridized carbons (Fsp3) is 0. The minimum atomic E-state index is -4.96. The minimum Gasteiger partial charge on any atom is -0.505 e. The first-order valence-electron chi connectivity index (χ1n) is 12.2. The SMILES string of the molecule is [NH]c1ccc2cc(S(=O)(=O)O)c(N=Nc3ccc(N=Nc4cc(N)ccc4S(=O)(=O)O)c4ccc(S(=O)(=O)O)cc34)c(O)c2c1. The van der Waals surface area contributed by atoms with E-state index in [2.05, 4.69) is 20.5 Å². The van der Waals surface area contributed by atoms with E-state index in [1.807, 2.05) is 0 Å². The third-order valence-electron chi connectivity index (χ3n) is 6.35. The lowest BCUT2D eigenvalue weighted by atomic mass is 10.1. The summed E-state index contributed by atoms with van der Waals surface area (Å²) in [5.41, 5.74) is 12.5. The number of hydrogen-bond acceptors (Lipinski definition) is 12. The molecule has 0 fully saturated rings. The first-order valence-corrected chi connectivity index (χ1v) is 16.5. The molecule has 7 N–H and O–H groups in total. The van der Waals surface area contributed by atoms with E-state index < -0.39 is 56.5 Å². The summed E-state index contributed by atoms with van der Waals surface area (Å²) < 4.78 is 101. The summed E-state index contributed by atoms with van der Waals surface area (Å²) in [5.74, 6) is -0.719. The summed E-state index contributed by atoms with van der Waals surface area (Å²) >= 11 is 0. The molecule has 0 saturated carbocycles. The van der Waals surface area contributed by atoms with Crippen molar-refractivity contribution >= 4 is 86.0 Å². The van der Waals surface area contributed by atoms with Crippen molar-refractivity contribution < 1.29 is 44.0 Å². The zero-order chi connectivity index (χ0) is 32.9. The van der Waals surface area contributed by atoms with Crippen molar-refractivity contribution in [2.45, 2.75) is 14.7 Å². The van der Waals surface area contributed by atoms with Crippen LogP contribution in [0, 0.1) is 0 Å². The number of rotatable bonds is 7. The van der Waals surface area contributed by atoms with Crippen LogP contribution in [0.15, 0.2) is 108 Å². The van der Waals surface area contributed by atoms with E-state index in [9.17, 15) is 44.0 Å². The number of azo groups is 2. The smallest absolute Gasteiger partial charge is 0.296 e. The number of nitrogens with zero attached hydrogens (tertiary/aromatic N) is 4. The summed E-state index contributed by atoms with van der Waals surface area (Å²) in [7, 11) is -14.4. The van der Waals surface area contributed by atoms with Gasteiger partial charge in [-0.1, -0.05) is 12.1 Å². The Morgan fingerprint density at radius 1 is 0.578 bits per heavy atom. The Balaban J connectivity index is 1.72. The quantitative estimate of drug-likeness (QED) is 0.0786. The molecule has 231 valence electrons. The number of nitrogens with two attached hydrogens (primary N) is 1. The van der Waals surface area contributed by atoms with Gasteiger partial charge in [-0.2, -0.15) is 25.3 Å². The lowest BCUT2D eigenvalue weighted by molar-refractivity contribution is 0.472. The number of anilines is 1. The van der Waals surface area contributed by atoms with Gasteiger partial charge in [0.05, 0.1) is 22.0 Å². The Labute approximate surface area is 254 Å². The monoisotopic (exact) mass is 671 g/mol. The third kappa shape index (κ3) is 6.43. The number of aromatic hydroxyl groups is 1. The third-order valence-corrected chi connectivity index (χ3v) is 8.97. The second-order valence-electron chi connectivity index (χ2n) is 9.37. The van der Waals surface area contributed by atoms with Crippen LogP contribution in [0.2, 0.25) is 0 Å². The van der Waals surface area contributed by atoms with Gasteiger partial charge < -0.3 is 16.6 Å². The molecule has 5 rings (SSSR count). The highest BCUT2D eigenvalue weighted by molar-refractivity contribution is 7.86. The van der Waals surface area contributed by atoms with Crippen molar-refractivity contribution in [3.8, 4) is 5.75 Å². The van der Waals surface area contributed by atoms with Gasteiger partial charge in [0.1, 0.15) is 21.2 Å². The molecule has 0 saturated heterocycles. The fourth-order valence-electron chi connectivity index (χ4n) is 4.31. The molecule has 0 unspecified atom stereocenters. The van der Waals surface area contributed by atoms with Crippen LogP contribution in [0.5, 0.6) is 5.75 Å². The van der Waals surface area contributed by atoms with E-state index in [0.717, 1.165) is 30.3 Å².